The van der Waals surface area contributed by atoms with E-state index >= 15 is 0 Å². The van der Waals surface area contributed by atoms with Crippen LogP contribution in [0.1, 0.15) is 66.7 Å². The Labute approximate surface area is 256 Å². The summed E-state index contributed by atoms with van der Waals surface area (Å²) in [6.45, 7) is 3.37. The number of benzene rings is 4. The van der Waals surface area contributed by atoms with Crippen molar-refractivity contribution in [1.29, 1.82) is 0 Å². The van der Waals surface area contributed by atoms with Gasteiger partial charge >= 0.3 is 5.97 Å². The number of rotatable bonds is 14. The van der Waals surface area contributed by atoms with E-state index in [0.29, 0.717) is 28.2 Å². The third kappa shape index (κ3) is 8.28. The molecule has 0 saturated carbocycles. The molecule has 4 rings (SSSR count). The fourth-order valence-electron chi connectivity index (χ4n) is 4.52. The molecule has 4 aromatic rings. The van der Waals surface area contributed by atoms with Crippen molar-refractivity contribution in [1.82, 2.24) is 0 Å². The van der Waals surface area contributed by atoms with Gasteiger partial charge in [0.15, 0.2) is 0 Å². The van der Waals surface area contributed by atoms with Gasteiger partial charge in [0.25, 0.3) is 0 Å². The topological polar surface area (TPSA) is 89.9 Å². The molecule has 0 amide bonds. The Balaban J connectivity index is 1.51. The van der Waals surface area contributed by atoms with Gasteiger partial charge in [0.05, 0.1) is 0 Å². The fraction of sp³-hybridized carbons (Fsp3) is 0.200. The van der Waals surface area contributed by atoms with Crippen LogP contribution in [-0.4, -0.2) is 23.0 Å². The summed E-state index contributed by atoms with van der Waals surface area (Å²) in [4.78, 5) is 44.6. The van der Waals surface area contributed by atoms with Crippen molar-refractivity contribution in [2.75, 3.05) is 0 Å². The molecular formula is C35H34NO5PS. The quantitative estimate of drug-likeness (QED) is 0.0358. The molecule has 8 heteroatoms. The van der Waals surface area contributed by atoms with Gasteiger partial charge in [-0.2, -0.15) is 0 Å². The lowest BCUT2D eigenvalue weighted by Crippen LogP contribution is -2.22. The lowest BCUT2D eigenvalue weighted by atomic mass is 10.0. The maximum atomic E-state index is 14.5. The van der Waals surface area contributed by atoms with Crippen molar-refractivity contribution in [3.8, 4) is 0 Å². The van der Waals surface area contributed by atoms with Crippen LogP contribution < -0.4 is 10.6 Å². The Hall–Kier alpha value is -4.06. The highest BCUT2D eigenvalue weighted by Gasteiger charge is 2.36. The second-order valence-electron chi connectivity index (χ2n) is 10.00. The van der Waals surface area contributed by atoms with Crippen LogP contribution in [0, 0.1) is 0 Å². The molecule has 43 heavy (non-hydrogen) atoms. The molecule has 1 atom stereocenters. The zero-order chi connectivity index (χ0) is 30.7. The van der Waals surface area contributed by atoms with E-state index in [1.54, 1.807) is 72.8 Å². The van der Waals surface area contributed by atoms with Gasteiger partial charge in [0.1, 0.15) is 5.71 Å². The minimum atomic E-state index is -3.62. The zero-order valence-corrected chi connectivity index (χ0v) is 26.0. The van der Waals surface area contributed by atoms with E-state index in [-0.39, 0.29) is 11.5 Å². The molecule has 0 aliphatic rings. The van der Waals surface area contributed by atoms with Crippen LogP contribution in [-0.2, 0) is 14.2 Å². The predicted octanol–water partition coefficient (Wildman–Crippen LogP) is 8.06. The van der Waals surface area contributed by atoms with E-state index in [9.17, 15) is 18.9 Å². The first-order valence-corrected chi connectivity index (χ1v) is 16.8. The molecule has 220 valence electrons. The molecule has 0 saturated heterocycles. The van der Waals surface area contributed by atoms with Crippen molar-refractivity contribution >= 4 is 52.5 Å². The van der Waals surface area contributed by atoms with Gasteiger partial charge in [-0.05, 0) is 61.4 Å². The maximum Gasteiger partial charge on any atom is 0.331 e. The van der Waals surface area contributed by atoms with Gasteiger partial charge in [-0.25, -0.2) is 4.79 Å². The van der Waals surface area contributed by atoms with Gasteiger partial charge in [-0.1, -0.05) is 104 Å². The number of unbranched alkanes of at least 4 members (excludes halogenated alkanes) is 3. The summed E-state index contributed by atoms with van der Waals surface area (Å²) in [6.07, 6.45) is 4.34. The van der Waals surface area contributed by atoms with Crippen LogP contribution in [0.5, 0.6) is 0 Å². The highest BCUT2D eigenvalue weighted by Crippen LogP contribution is 2.47. The molecule has 0 aliphatic heterocycles. The average molecular weight is 612 g/mol. The Bertz CT molecular complexity index is 1620. The highest BCUT2D eigenvalue weighted by atomic mass is 32.2. The Kier molecular flexibility index (Phi) is 11.4. The van der Waals surface area contributed by atoms with E-state index in [1.165, 1.54) is 18.7 Å². The van der Waals surface area contributed by atoms with E-state index < -0.39 is 18.6 Å². The van der Waals surface area contributed by atoms with E-state index in [1.807, 2.05) is 36.4 Å². The smallest absolute Gasteiger partial charge is 0.318 e. The van der Waals surface area contributed by atoms with E-state index in [0.717, 1.165) is 35.5 Å². The molecule has 1 unspecified atom stereocenters. The summed E-state index contributed by atoms with van der Waals surface area (Å²) in [6, 6.07) is 32.0. The number of hydrogen-bond donors (Lipinski definition) is 0. The molecule has 0 bridgehead atoms. The summed E-state index contributed by atoms with van der Waals surface area (Å²) in [5.41, 5.74) is 0.700. The molecule has 0 aliphatic carbocycles. The van der Waals surface area contributed by atoms with Crippen LogP contribution in [0.4, 0.5) is 0 Å². The van der Waals surface area contributed by atoms with Crippen molar-refractivity contribution in [2.24, 2.45) is 5.16 Å². The van der Waals surface area contributed by atoms with Gasteiger partial charge in [0, 0.05) is 38.5 Å². The summed E-state index contributed by atoms with van der Waals surface area (Å²) in [7, 11) is -3.62. The third-order valence-corrected chi connectivity index (χ3v) is 10.7. The number of ketones is 1. The molecule has 0 radical (unpaired) electrons. The zero-order valence-electron chi connectivity index (χ0n) is 24.3. The summed E-state index contributed by atoms with van der Waals surface area (Å²) in [5.74, 6) is -0.834. The maximum absolute atomic E-state index is 14.5. The summed E-state index contributed by atoms with van der Waals surface area (Å²) in [5, 5.41) is 4.80. The number of carbonyl (C=O) groups is 3. The van der Waals surface area contributed by atoms with Gasteiger partial charge in [0.2, 0.25) is 18.4 Å². The molecule has 0 aromatic heterocycles. The lowest BCUT2D eigenvalue weighted by Gasteiger charge is -2.18. The molecule has 0 fully saturated rings. The number of hydrogen-bond acceptors (Lipinski definition) is 7. The Morgan fingerprint density at radius 1 is 0.698 bits per heavy atom. The molecule has 0 heterocycles. The Morgan fingerprint density at radius 3 is 1.84 bits per heavy atom. The highest BCUT2D eigenvalue weighted by molar-refractivity contribution is 7.99. The largest absolute Gasteiger partial charge is 0.331 e. The van der Waals surface area contributed by atoms with Crippen LogP contribution >= 0.6 is 18.9 Å². The first kappa shape index (κ1) is 31.9. The fourth-order valence-corrected chi connectivity index (χ4v) is 7.78. The van der Waals surface area contributed by atoms with Crippen molar-refractivity contribution in [2.45, 2.75) is 55.7 Å². The molecule has 6 nitrogen and oxygen atoms in total. The lowest BCUT2D eigenvalue weighted by molar-refractivity contribution is -0.140. The molecule has 4 aromatic carbocycles. The number of Topliss-reactive ketones (excluding diaryl/α,β-unsaturated/α-hetero) is 1. The van der Waals surface area contributed by atoms with Crippen molar-refractivity contribution < 1.29 is 23.8 Å². The first-order chi connectivity index (χ1) is 20.8. The minimum absolute atomic E-state index is 0.232. The SMILES string of the molecule is CCCCCC/C(=N\OC(C)=O)C(=O)c1ccc(Sc2ccc(P(=O)(C(=O)c3ccccc3)c3ccccc3)cc2)cc1. The van der Waals surface area contributed by atoms with Gasteiger partial charge in [-0.3, -0.25) is 9.59 Å². The minimum Gasteiger partial charge on any atom is -0.318 e. The molecule has 0 N–H and O–H groups in total. The van der Waals surface area contributed by atoms with Crippen LogP contribution in [0.15, 0.2) is 124 Å². The monoisotopic (exact) mass is 611 g/mol. The molecule has 0 spiro atoms. The van der Waals surface area contributed by atoms with Crippen molar-refractivity contribution in [3.05, 3.63) is 120 Å². The predicted molar refractivity (Wildman–Crippen MR) is 173 cm³/mol. The molecular weight excluding hydrogens is 577 g/mol. The van der Waals surface area contributed by atoms with Crippen LogP contribution in [0.2, 0.25) is 0 Å². The van der Waals surface area contributed by atoms with Crippen molar-refractivity contribution in [3.63, 3.8) is 0 Å². The number of carbonyl (C=O) groups excluding carboxylic acids is 3. The summed E-state index contributed by atoms with van der Waals surface area (Å²) < 4.78 is 14.5. The van der Waals surface area contributed by atoms with Gasteiger partial charge in [-0.15, -0.1) is 0 Å². The van der Waals surface area contributed by atoms with Crippen LogP contribution in [0.3, 0.4) is 0 Å². The normalized spacial score (nSPS) is 12.7. The summed E-state index contributed by atoms with van der Waals surface area (Å²) >= 11 is 1.48. The van der Waals surface area contributed by atoms with E-state index in [4.69, 9.17) is 4.84 Å². The van der Waals surface area contributed by atoms with Crippen LogP contribution in [0.25, 0.3) is 0 Å². The third-order valence-electron chi connectivity index (χ3n) is 6.79. The first-order valence-electron chi connectivity index (χ1n) is 14.3. The number of oxime groups is 1. The Morgan fingerprint density at radius 2 is 1.26 bits per heavy atom. The van der Waals surface area contributed by atoms with Gasteiger partial charge < -0.3 is 9.40 Å². The second-order valence-corrected chi connectivity index (χ2v) is 13.8. The average Bonchev–Trinajstić information content (AvgIpc) is 3.05. The number of nitrogens with zero attached hydrogens (tertiary/aromatic N) is 1. The van der Waals surface area contributed by atoms with E-state index in [2.05, 4.69) is 12.1 Å². The standard InChI is InChI=1S/C35H34NO5PS/c1-3-4-5-12-17-33(36-41-26(2)37)34(38)27-18-22-31(23-19-27)43-32-24-20-30(21-25-32)42(40,29-15-10-7-11-16-29)35(39)28-13-8-6-9-14-28/h6-11,13-16,18-25H,3-5,12,17H2,1-2H3/b36-33+. The second kappa shape index (κ2) is 15.4.